The van der Waals surface area contributed by atoms with Crippen LogP contribution in [0.4, 0.5) is 0 Å². The minimum absolute atomic E-state index is 0.00456. The second-order valence-corrected chi connectivity index (χ2v) is 5.52. The molecule has 0 aromatic carbocycles. The van der Waals surface area contributed by atoms with Crippen molar-refractivity contribution in [2.24, 2.45) is 5.92 Å². The zero-order valence-corrected chi connectivity index (χ0v) is 12.5. The predicted molar refractivity (Wildman–Crippen MR) is 74.4 cm³/mol. The first-order valence-electron chi connectivity index (χ1n) is 6.80. The number of carbonyl (C=O) groups excluding carboxylic acids is 1. The fraction of sp³-hybridized carbons (Fsp3) is 0.769. The van der Waals surface area contributed by atoms with Crippen molar-refractivity contribution >= 4 is 5.91 Å². The number of nitrogens with one attached hydrogen (secondary N) is 2. The Kier molecular flexibility index (Phi) is 5.95. The summed E-state index contributed by atoms with van der Waals surface area (Å²) in [6, 6.07) is -0.0899. The van der Waals surface area contributed by atoms with Gasteiger partial charge in [-0.3, -0.25) is 10.1 Å². The van der Waals surface area contributed by atoms with Crippen LogP contribution in [0.5, 0.6) is 0 Å². The Hall–Kier alpha value is -1.43. The minimum atomic E-state index is -0.244. The molecule has 1 rings (SSSR count). The molecule has 0 aliphatic carbocycles. The molecule has 0 saturated heterocycles. The van der Waals surface area contributed by atoms with Crippen LogP contribution in [0.1, 0.15) is 40.4 Å². The van der Waals surface area contributed by atoms with E-state index in [2.05, 4.69) is 34.6 Å². The van der Waals surface area contributed by atoms with E-state index in [9.17, 15) is 4.79 Å². The van der Waals surface area contributed by atoms with Gasteiger partial charge in [-0.25, -0.2) is 9.67 Å². The molecule has 1 aromatic heterocycles. The highest BCUT2D eigenvalue weighted by atomic mass is 16.2. The monoisotopic (exact) mass is 267 g/mol. The molecule has 0 spiro atoms. The third-order valence-electron chi connectivity index (χ3n) is 2.62. The van der Waals surface area contributed by atoms with Gasteiger partial charge in [-0.15, -0.1) is 0 Å². The van der Waals surface area contributed by atoms with Crippen molar-refractivity contribution in [1.29, 1.82) is 0 Å². The van der Waals surface area contributed by atoms with E-state index >= 15 is 0 Å². The second kappa shape index (κ2) is 7.23. The molecule has 0 saturated carbocycles. The highest BCUT2D eigenvalue weighted by Crippen LogP contribution is 2.01. The van der Waals surface area contributed by atoms with Crippen molar-refractivity contribution < 1.29 is 4.79 Å². The lowest BCUT2D eigenvalue weighted by atomic mass is 10.2. The van der Waals surface area contributed by atoms with E-state index in [4.69, 9.17) is 0 Å². The molecule has 0 bridgehead atoms. The molecule has 0 radical (unpaired) electrons. The van der Waals surface area contributed by atoms with E-state index in [1.54, 1.807) is 6.33 Å². The maximum atomic E-state index is 11.8. The summed E-state index contributed by atoms with van der Waals surface area (Å²) in [4.78, 5) is 16.0. The Morgan fingerprint density at radius 3 is 2.58 bits per heavy atom. The molecule has 6 heteroatoms. The second-order valence-electron chi connectivity index (χ2n) is 5.52. The molecule has 1 unspecified atom stereocenters. The molecule has 2 N–H and O–H groups in total. The van der Waals surface area contributed by atoms with E-state index < -0.39 is 0 Å². The number of aromatic nitrogens is 3. The van der Waals surface area contributed by atoms with Gasteiger partial charge in [0.2, 0.25) is 5.91 Å². The molecule has 1 atom stereocenters. The van der Waals surface area contributed by atoms with Crippen LogP contribution in [-0.4, -0.2) is 32.8 Å². The number of amides is 1. The summed E-state index contributed by atoms with van der Waals surface area (Å²) >= 11 is 0. The summed E-state index contributed by atoms with van der Waals surface area (Å²) in [6.07, 6.45) is 1.55. The quantitative estimate of drug-likeness (QED) is 0.771. The maximum Gasteiger partial charge on any atom is 0.237 e. The molecule has 1 heterocycles. The number of carbonyl (C=O) groups is 1. The lowest BCUT2D eigenvalue weighted by Crippen LogP contribution is -2.44. The smallest absolute Gasteiger partial charge is 0.237 e. The zero-order valence-electron chi connectivity index (χ0n) is 12.5. The summed E-state index contributed by atoms with van der Waals surface area (Å²) in [6.45, 7) is 11.4. The first-order chi connectivity index (χ1) is 8.90. The molecular formula is C13H25N5O. The van der Waals surface area contributed by atoms with Crippen LogP contribution < -0.4 is 10.6 Å². The first-order valence-corrected chi connectivity index (χ1v) is 6.80. The number of rotatable bonds is 7. The number of hydrogen-bond acceptors (Lipinski definition) is 4. The Balaban J connectivity index is 2.48. The predicted octanol–water partition coefficient (Wildman–Crippen LogP) is 0.937. The molecule has 0 aliphatic heterocycles. The highest BCUT2D eigenvalue weighted by Gasteiger charge is 2.14. The molecule has 1 amide bonds. The Morgan fingerprint density at radius 1 is 1.32 bits per heavy atom. The van der Waals surface area contributed by atoms with Crippen LogP contribution in [-0.2, 0) is 17.9 Å². The van der Waals surface area contributed by atoms with Crippen molar-refractivity contribution in [3.8, 4) is 0 Å². The fourth-order valence-electron chi connectivity index (χ4n) is 1.67. The SMILES string of the molecule is CC(C)Cn1ncnc1CNC(C)C(=O)NC(C)C. The van der Waals surface area contributed by atoms with E-state index in [-0.39, 0.29) is 18.0 Å². The average molecular weight is 267 g/mol. The molecule has 1 aromatic rings. The molecular weight excluding hydrogens is 242 g/mol. The normalized spacial score (nSPS) is 13.0. The number of hydrogen-bond donors (Lipinski definition) is 2. The summed E-state index contributed by atoms with van der Waals surface area (Å²) in [5, 5.41) is 10.2. The van der Waals surface area contributed by atoms with E-state index in [1.165, 1.54) is 0 Å². The fourth-order valence-corrected chi connectivity index (χ4v) is 1.67. The van der Waals surface area contributed by atoms with Gasteiger partial charge in [0.05, 0.1) is 12.6 Å². The minimum Gasteiger partial charge on any atom is -0.353 e. The van der Waals surface area contributed by atoms with Gasteiger partial charge in [0.15, 0.2) is 0 Å². The largest absolute Gasteiger partial charge is 0.353 e. The summed E-state index contributed by atoms with van der Waals surface area (Å²) in [5.74, 6) is 1.38. The van der Waals surface area contributed by atoms with Crippen molar-refractivity contribution in [3.63, 3.8) is 0 Å². The van der Waals surface area contributed by atoms with Gasteiger partial charge in [-0.05, 0) is 26.7 Å². The van der Waals surface area contributed by atoms with E-state index in [1.807, 2.05) is 25.5 Å². The van der Waals surface area contributed by atoms with Crippen LogP contribution in [0.25, 0.3) is 0 Å². The van der Waals surface area contributed by atoms with Crippen molar-refractivity contribution in [2.45, 2.75) is 59.8 Å². The standard InChI is InChI=1S/C13H25N5O/c1-9(2)7-18-12(15-8-16-18)6-14-11(5)13(19)17-10(3)4/h8-11,14H,6-7H2,1-5H3,(H,17,19). The topological polar surface area (TPSA) is 71.8 Å². The lowest BCUT2D eigenvalue weighted by Gasteiger charge is -2.16. The first kappa shape index (κ1) is 15.6. The van der Waals surface area contributed by atoms with Gasteiger partial charge < -0.3 is 5.32 Å². The van der Waals surface area contributed by atoms with Crippen molar-refractivity contribution in [2.75, 3.05) is 0 Å². The Bertz CT molecular complexity index is 399. The maximum absolute atomic E-state index is 11.8. The van der Waals surface area contributed by atoms with Crippen LogP contribution in [0.3, 0.4) is 0 Å². The average Bonchev–Trinajstić information content (AvgIpc) is 2.71. The van der Waals surface area contributed by atoms with Crippen LogP contribution in [0.2, 0.25) is 0 Å². The lowest BCUT2D eigenvalue weighted by molar-refractivity contribution is -0.123. The molecule has 0 fully saturated rings. The van der Waals surface area contributed by atoms with Crippen molar-refractivity contribution in [3.05, 3.63) is 12.2 Å². The zero-order chi connectivity index (χ0) is 14.4. The van der Waals surface area contributed by atoms with Crippen LogP contribution in [0.15, 0.2) is 6.33 Å². The van der Waals surface area contributed by atoms with Crippen LogP contribution >= 0.6 is 0 Å². The Morgan fingerprint density at radius 2 is 2.00 bits per heavy atom. The summed E-state index contributed by atoms with van der Waals surface area (Å²) < 4.78 is 1.88. The summed E-state index contributed by atoms with van der Waals surface area (Å²) in [7, 11) is 0. The van der Waals surface area contributed by atoms with Gasteiger partial charge in [0.25, 0.3) is 0 Å². The highest BCUT2D eigenvalue weighted by molar-refractivity contribution is 5.81. The van der Waals surface area contributed by atoms with Gasteiger partial charge in [-0.2, -0.15) is 5.10 Å². The number of nitrogens with zero attached hydrogens (tertiary/aromatic N) is 3. The van der Waals surface area contributed by atoms with Crippen LogP contribution in [0, 0.1) is 5.92 Å². The van der Waals surface area contributed by atoms with Crippen molar-refractivity contribution in [1.82, 2.24) is 25.4 Å². The Labute approximate surface area is 115 Å². The van der Waals surface area contributed by atoms with E-state index in [0.717, 1.165) is 12.4 Å². The third-order valence-corrected chi connectivity index (χ3v) is 2.62. The third kappa shape index (κ3) is 5.38. The van der Waals surface area contributed by atoms with Gasteiger partial charge >= 0.3 is 0 Å². The molecule has 6 nitrogen and oxygen atoms in total. The molecule has 0 aliphatic rings. The van der Waals surface area contributed by atoms with Gasteiger partial charge in [0.1, 0.15) is 12.2 Å². The van der Waals surface area contributed by atoms with Gasteiger partial charge in [-0.1, -0.05) is 13.8 Å². The molecule has 108 valence electrons. The van der Waals surface area contributed by atoms with Gasteiger partial charge in [0, 0.05) is 12.6 Å². The van der Waals surface area contributed by atoms with E-state index in [0.29, 0.717) is 12.5 Å². The summed E-state index contributed by atoms with van der Waals surface area (Å²) in [5.41, 5.74) is 0. The molecule has 19 heavy (non-hydrogen) atoms.